The van der Waals surface area contributed by atoms with Crippen LogP contribution in [0, 0.1) is 5.92 Å². The molecule has 1 aliphatic carbocycles. The molecule has 1 fully saturated rings. The fourth-order valence-electron chi connectivity index (χ4n) is 2.39. The van der Waals surface area contributed by atoms with E-state index in [2.05, 4.69) is 4.90 Å². The van der Waals surface area contributed by atoms with Crippen LogP contribution in [0.4, 0.5) is 0 Å². The zero-order valence-electron chi connectivity index (χ0n) is 9.15. The van der Waals surface area contributed by atoms with Crippen LogP contribution in [0.15, 0.2) is 18.2 Å². The van der Waals surface area contributed by atoms with Gasteiger partial charge in [0.2, 0.25) is 0 Å². The Morgan fingerprint density at radius 3 is 2.75 bits per heavy atom. The molecule has 1 aromatic carbocycles. The van der Waals surface area contributed by atoms with Crippen molar-refractivity contribution in [3.05, 3.63) is 34.9 Å². The topological polar surface area (TPSA) is 40.5 Å². The Hall–Kier alpha value is -1.35. The molecule has 16 heavy (non-hydrogen) atoms. The summed E-state index contributed by atoms with van der Waals surface area (Å²) < 4.78 is 0. The second-order valence-corrected chi connectivity index (χ2v) is 4.90. The van der Waals surface area contributed by atoms with Crippen molar-refractivity contribution in [1.82, 2.24) is 4.90 Å². The van der Waals surface area contributed by atoms with Crippen molar-refractivity contribution >= 4 is 5.97 Å². The highest BCUT2D eigenvalue weighted by atomic mass is 16.4. The molecule has 3 nitrogen and oxygen atoms in total. The zero-order chi connectivity index (χ0) is 11.1. The average Bonchev–Trinajstić information content (AvgIpc) is 2.96. The number of carbonyl (C=O) groups is 1. The van der Waals surface area contributed by atoms with Crippen molar-refractivity contribution in [1.29, 1.82) is 0 Å². The summed E-state index contributed by atoms with van der Waals surface area (Å²) in [5.74, 6) is 0.0664. The highest BCUT2D eigenvalue weighted by molar-refractivity contribution is 5.87. The van der Waals surface area contributed by atoms with E-state index in [0.717, 1.165) is 19.0 Å². The highest BCUT2D eigenvalue weighted by Gasteiger charge is 2.27. The standard InChI is InChI=1S/C13H15NO2/c15-13(16)10-3-4-11-7-14(6-9-1-2-9)8-12(11)5-10/h3-5,9H,1-2,6-8H2,(H,15,16). The second kappa shape index (κ2) is 3.59. The van der Waals surface area contributed by atoms with Gasteiger partial charge in [0.25, 0.3) is 0 Å². The molecule has 3 rings (SSSR count). The number of aromatic carboxylic acids is 1. The fraction of sp³-hybridized carbons (Fsp3) is 0.462. The van der Waals surface area contributed by atoms with E-state index in [1.807, 2.05) is 12.1 Å². The van der Waals surface area contributed by atoms with E-state index in [1.165, 1.54) is 30.5 Å². The third kappa shape index (κ3) is 1.83. The molecule has 2 aliphatic rings. The predicted octanol–water partition coefficient (Wildman–Crippen LogP) is 2.11. The quantitative estimate of drug-likeness (QED) is 0.843. The second-order valence-electron chi connectivity index (χ2n) is 4.90. The van der Waals surface area contributed by atoms with Crippen LogP contribution in [-0.4, -0.2) is 22.5 Å². The number of carboxylic acid groups (broad SMARTS) is 1. The summed E-state index contributed by atoms with van der Waals surface area (Å²) in [6, 6.07) is 5.50. The first-order valence-electron chi connectivity index (χ1n) is 5.80. The Bertz CT molecular complexity index is 438. The fourth-order valence-corrected chi connectivity index (χ4v) is 2.39. The van der Waals surface area contributed by atoms with Crippen LogP contribution in [-0.2, 0) is 13.1 Å². The molecule has 0 aromatic heterocycles. The van der Waals surface area contributed by atoms with Crippen LogP contribution < -0.4 is 0 Å². The summed E-state index contributed by atoms with van der Waals surface area (Å²) in [5, 5.41) is 8.92. The van der Waals surface area contributed by atoms with E-state index in [4.69, 9.17) is 5.11 Å². The van der Waals surface area contributed by atoms with Crippen LogP contribution in [0.2, 0.25) is 0 Å². The van der Waals surface area contributed by atoms with Crippen LogP contribution in [0.3, 0.4) is 0 Å². The van der Waals surface area contributed by atoms with E-state index in [9.17, 15) is 4.79 Å². The van der Waals surface area contributed by atoms with Crippen molar-refractivity contribution < 1.29 is 9.90 Å². The lowest BCUT2D eigenvalue weighted by molar-refractivity contribution is 0.0696. The number of rotatable bonds is 3. The van der Waals surface area contributed by atoms with Gasteiger partial charge >= 0.3 is 5.97 Å². The van der Waals surface area contributed by atoms with Gasteiger partial charge in [-0.05, 0) is 42.0 Å². The SMILES string of the molecule is O=C(O)c1ccc2c(c1)CN(CC1CC1)C2. The maximum atomic E-state index is 10.9. The Kier molecular flexibility index (Phi) is 2.21. The van der Waals surface area contributed by atoms with Crippen molar-refractivity contribution in [2.24, 2.45) is 5.92 Å². The minimum absolute atomic E-state index is 0.409. The van der Waals surface area contributed by atoms with Gasteiger partial charge in [-0.15, -0.1) is 0 Å². The summed E-state index contributed by atoms with van der Waals surface area (Å²) in [5.41, 5.74) is 2.90. The number of fused-ring (bicyclic) bond motifs is 1. The van der Waals surface area contributed by atoms with E-state index in [1.54, 1.807) is 6.07 Å². The van der Waals surface area contributed by atoms with Crippen LogP contribution >= 0.6 is 0 Å². The largest absolute Gasteiger partial charge is 0.478 e. The molecule has 0 bridgehead atoms. The smallest absolute Gasteiger partial charge is 0.335 e. The Morgan fingerprint density at radius 1 is 1.31 bits per heavy atom. The zero-order valence-corrected chi connectivity index (χ0v) is 9.15. The van der Waals surface area contributed by atoms with Crippen LogP contribution in [0.1, 0.15) is 34.3 Å². The monoisotopic (exact) mass is 217 g/mol. The molecule has 1 N–H and O–H groups in total. The predicted molar refractivity (Wildman–Crippen MR) is 60.2 cm³/mol. The molecule has 3 heteroatoms. The maximum Gasteiger partial charge on any atom is 0.335 e. The number of benzene rings is 1. The molecule has 0 unspecified atom stereocenters. The molecular formula is C13H15NO2. The third-order valence-corrected chi connectivity index (χ3v) is 3.45. The molecule has 84 valence electrons. The molecule has 1 aromatic rings. The molecule has 1 heterocycles. The van der Waals surface area contributed by atoms with E-state index in [0.29, 0.717) is 5.56 Å². The molecule has 0 saturated heterocycles. The molecule has 1 saturated carbocycles. The summed E-state index contributed by atoms with van der Waals surface area (Å²) in [6.45, 7) is 3.09. The van der Waals surface area contributed by atoms with Crippen molar-refractivity contribution in [3.8, 4) is 0 Å². The van der Waals surface area contributed by atoms with Gasteiger partial charge in [-0.2, -0.15) is 0 Å². The van der Waals surface area contributed by atoms with E-state index in [-0.39, 0.29) is 0 Å². The van der Waals surface area contributed by atoms with Gasteiger partial charge in [0.15, 0.2) is 0 Å². The first kappa shape index (κ1) is 9.85. The van der Waals surface area contributed by atoms with Crippen molar-refractivity contribution in [2.75, 3.05) is 6.54 Å². The minimum atomic E-state index is -0.830. The molecule has 0 atom stereocenters. The lowest BCUT2D eigenvalue weighted by Gasteiger charge is -2.13. The molecular weight excluding hydrogens is 202 g/mol. The highest BCUT2D eigenvalue weighted by Crippen LogP contribution is 2.33. The van der Waals surface area contributed by atoms with Crippen molar-refractivity contribution in [2.45, 2.75) is 25.9 Å². The number of hydrogen-bond acceptors (Lipinski definition) is 2. The minimum Gasteiger partial charge on any atom is -0.478 e. The Balaban J connectivity index is 1.77. The normalized spacial score (nSPS) is 19.8. The first-order chi connectivity index (χ1) is 7.72. The maximum absolute atomic E-state index is 10.9. The summed E-state index contributed by atoms with van der Waals surface area (Å²) in [6.07, 6.45) is 2.74. The molecule has 1 aliphatic heterocycles. The Labute approximate surface area is 94.7 Å². The van der Waals surface area contributed by atoms with Gasteiger partial charge in [-0.1, -0.05) is 6.07 Å². The van der Waals surface area contributed by atoms with Gasteiger partial charge in [-0.3, -0.25) is 4.90 Å². The first-order valence-corrected chi connectivity index (χ1v) is 5.80. The molecule has 0 spiro atoms. The van der Waals surface area contributed by atoms with E-state index < -0.39 is 5.97 Å². The van der Waals surface area contributed by atoms with E-state index >= 15 is 0 Å². The third-order valence-electron chi connectivity index (χ3n) is 3.45. The average molecular weight is 217 g/mol. The molecule has 0 radical (unpaired) electrons. The van der Waals surface area contributed by atoms with Crippen LogP contribution in [0.5, 0.6) is 0 Å². The van der Waals surface area contributed by atoms with Gasteiger partial charge in [-0.25, -0.2) is 4.79 Å². The lowest BCUT2D eigenvalue weighted by atomic mass is 10.1. The van der Waals surface area contributed by atoms with Gasteiger partial charge in [0.1, 0.15) is 0 Å². The summed E-state index contributed by atoms with van der Waals surface area (Å²) in [7, 11) is 0. The lowest BCUT2D eigenvalue weighted by Crippen LogP contribution is -2.18. The van der Waals surface area contributed by atoms with Crippen LogP contribution in [0.25, 0.3) is 0 Å². The van der Waals surface area contributed by atoms with Gasteiger partial charge < -0.3 is 5.11 Å². The molecule has 0 amide bonds. The summed E-state index contributed by atoms with van der Waals surface area (Å²) >= 11 is 0. The van der Waals surface area contributed by atoms with Crippen molar-refractivity contribution in [3.63, 3.8) is 0 Å². The van der Waals surface area contributed by atoms with Gasteiger partial charge in [0.05, 0.1) is 5.56 Å². The summed E-state index contributed by atoms with van der Waals surface area (Å²) in [4.78, 5) is 13.3. The number of hydrogen-bond donors (Lipinski definition) is 1. The van der Waals surface area contributed by atoms with Gasteiger partial charge in [0, 0.05) is 19.6 Å². The number of carboxylic acids is 1. The Morgan fingerprint density at radius 2 is 2.06 bits per heavy atom. The number of nitrogens with zero attached hydrogens (tertiary/aromatic N) is 1.